The summed E-state index contributed by atoms with van der Waals surface area (Å²) in [5.41, 5.74) is 9.03. The molecular weight excluding hydrogens is 264 g/mol. The molecule has 1 aliphatic heterocycles. The molecule has 1 saturated heterocycles. The monoisotopic (exact) mass is 280 g/mol. The quantitative estimate of drug-likeness (QED) is 0.857. The van der Waals surface area contributed by atoms with E-state index in [9.17, 15) is 0 Å². The Balaban J connectivity index is 1.86. The summed E-state index contributed by atoms with van der Waals surface area (Å²) >= 11 is 3.54. The molecule has 1 aliphatic carbocycles. The van der Waals surface area contributed by atoms with Crippen LogP contribution in [0.5, 0.6) is 0 Å². The van der Waals surface area contributed by atoms with Gasteiger partial charge in [0, 0.05) is 29.6 Å². The molecule has 0 aromatic heterocycles. The number of likely N-dealkylation sites (tertiary alicyclic amines) is 1. The molecule has 1 aromatic carbocycles. The van der Waals surface area contributed by atoms with Crippen LogP contribution in [-0.2, 0) is 6.42 Å². The standard InChI is InChI=1S/C13H17BrN2/c14-10-2-3-12-9(7-10)1-4-13(12)16-6-5-11(15)8-16/h2-3,7,11,13H,1,4-6,8,15H2. The van der Waals surface area contributed by atoms with Gasteiger partial charge >= 0.3 is 0 Å². The van der Waals surface area contributed by atoms with Gasteiger partial charge < -0.3 is 5.73 Å². The van der Waals surface area contributed by atoms with Gasteiger partial charge in [0.2, 0.25) is 0 Å². The number of hydrogen-bond acceptors (Lipinski definition) is 2. The van der Waals surface area contributed by atoms with Crippen LogP contribution in [0.3, 0.4) is 0 Å². The number of benzene rings is 1. The predicted octanol–water partition coefficient (Wildman–Crippen LogP) is 2.47. The van der Waals surface area contributed by atoms with E-state index in [4.69, 9.17) is 5.73 Å². The third kappa shape index (κ3) is 1.81. The number of nitrogens with zero attached hydrogens (tertiary/aromatic N) is 1. The Kier molecular flexibility index (Phi) is 2.78. The Hall–Kier alpha value is -0.380. The van der Waals surface area contributed by atoms with Crippen LogP contribution in [0, 0.1) is 0 Å². The van der Waals surface area contributed by atoms with Crippen molar-refractivity contribution >= 4 is 15.9 Å². The lowest BCUT2D eigenvalue weighted by molar-refractivity contribution is 0.242. The SMILES string of the molecule is NC1CCN(C2CCc3cc(Br)ccc32)C1. The van der Waals surface area contributed by atoms with E-state index < -0.39 is 0 Å². The first-order chi connectivity index (χ1) is 7.74. The molecule has 2 nitrogen and oxygen atoms in total. The van der Waals surface area contributed by atoms with E-state index in [0.29, 0.717) is 12.1 Å². The molecule has 0 spiro atoms. The normalized spacial score (nSPS) is 29.6. The molecule has 0 amide bonds. The minimum Gasteiger partial charge on any atom is -0.326 e. The first kappa shape index (κ1) is 10.8. The third-order valence-electron chi connectivity index (χ3n) is 3.85. The number of aryl methyl sites for hydroxylation is 1. The highest BCUT2D eigenvalue weighted by Crippen LogP contribution is 2.38. The van der Waals surface area contributed by atoms with Crippen molar-refractivity contribution in [3.8, 4) is 0 Å². The summed E-state index contributed by atoms with van der Waals surface area (Å²) in [5, 5.41) is 0. The second-order valence-electron chi connectivity index (χ2n) is 4.94. The Morgan fingerprint density at radius 2 is 2.19 bits per heavy atom. The average molecular weight is 281 g/mol. The summed E-state index contributed by atoms with van der Waals surface area (Å²) in [5.74, 6) is 0. The van der Waals surface area contributed by atoms with Gasteiger partial charge in [-0.3, -0.25) is 4.90 Å². The summed E-state index contributed by atoms with van der Waals surface area (Å²) in [4.78, 5) is 2.56. The predicted molar refractivity (Wildman–Crippen MR) is 69.4 cm³/mol. The minimum absolute atomic E-state index is 0.388. The van der Waals surface area contributed by atoms with Gasteiger partial charge in [-0.1, -0.05) is 22.0 Å². The molecule has 2 N–H and O–H groups in total. The largest absolute Gasteiger partial charge is 0.326 e. The molecule has 86 valence electrons. The zero-order valence-corrected chi connectivity index (χ0v) is 10.9. The van der Waals surface area contributed by atoms with Gasteiger partial charge in [-0.05, 0) is 42.5 Å². The topological polar surface area (TPSA) is 29.3 Å². The van der Waals surface area contributed by atoms with Crippen molar-refractivity contribution in [3.63, 3.8) is 0 Å². The van der Waals surface area contributed by atoms with E-state index >= 15 is 0 Å². The van der Waals surface area contributed by atoms with Crippen molar-refractivity contribution < 1.29 is 0 Å². The summed E-state index contributed by atoms with van der Waals surface area (Å²) in [6.45, 7) is 2.24. The summed E-state index contributed by atoms with van der Waals surface area (Å²) < 4.78 is 1.20. The Bertz CT molecular complexity index is 405. The smallest absolute Gasteiger partial charge is 0.0354 e. The average Bonchev–Trinajstić information content (AvgIpc) is 2.83. The van der Waals surface area contributed by atoms with E-state index in [2.05, 4.69) is 39.0 Å². The molecule has 0 bridgehead atoms. The molecule has 0 saturated carbocycles. The number of hydrogen-bond donors (Lipinski definition) is 1. The molecule has 1 fully saturated rings. The van der Waals surface area contributed by atoms with Gasteiger partial charge in [0.1, 0.15) is 0 Å². The first-order valence-corrected chi connectivity index (χ1v) is 6.81. The summed E-state index contributed by atoms with van der Waals surface area (Å²) in [6.07, 6.45) is 3.63. The Morgan fingerprint density at radius 3 is 2.94 bits per heavy atom. The zero-order valence-electron chi connectivity index (χ0n) is 9.32. The fourth-order valence-corrected chi connectivity index (χ4v) is 3.45. The van der Waals surface area contributed by atoms with Crippen LogP contribution < -0.4 is 5.73 Å². The highest BCUT2D eigenvalue weighted by Gasteiger charge is 2.31. The maximum atomic E-state index is 5.99. The lowest BCUT2D eigenvalue weighted by atomic mass is 10.1. The van der Waals surface area contributed by atoms with Crippen molar-refractivity contribution in [2.24, 2.45) is 5.73 Å². The highest BCUT2D eigenvalue weighted by atomic mass is 79.9. The number of nitrogens with two attached hydrogens (primary N) is 1. The minimum atomic E-state index is 0.388. The maximum Gasteiger partial charge on any atom is 0.0354 e. The fraction of sp³-hybridized carbons (Fsp3) is 0.538. The van der Waals surface area contributed by atoms with Gasteiger partial charge in [-0.2, -0.15) is 0 Å². The number of halogens is 1. The molecule has 3 rings (SSSR count). The second-order valence-corrected chi connectivity index (χ2v) is 5.86. The molecular formula is C13H17BrN2. The van der Waals surface area contributed by atoms with Crippen LogP contribution in [-0.4, -0.2) is 24.0 Å². The van der Waals surface area contributed by atoms with Crippen LogP contribution in [0.15, 0.2) is 22.7 Å². The highest BCUT2D eigenvalue weighted by molar-refractivity contribution is 9.10. The maximum absolute atomic E-state index is 5.99. The van der Waals surface area contributed by atoms with E-state index in [1.165, 1.54) is 35.0 Å². The van der Waals surface area contributed by atoms with Crippen LogP contribution >= 0.6 is 15.9 Å². The van der Waals surface area contributed by atoms with Crippen molar-refractivity contribution in [1.29, 1.82) is 0 Å². The third-order valence-corrected chi connectivity index (χ3v) is 4.34. The van der Waals surface area contributed by atoms with Crippen molar-refractivity contribution in [2.75, 3.05) is 13.1 Å². The molecule has 3 heteroatoms. The fourth-order valence-electron chi connectivity index (χ4n) is 3.04. The Morgan fingerprint density at radius 1 is 1.31 bits per heavy atom. The first-order valence-electron chi connectivity index (χ1n) is 6.02. The van der Waals surface area contributed by atoms with Crippen molar-refractivity contribution in [2.45, 2.75) is 31.3 Å². The van der Waals surface area contributed by atoms with Gasteiger partial charge in [-0.15, -0.1) is 0 Å². The molecule has 1 aromatic rings. The number of fused-ring (bicyclic) bond motifs is 1. The molecule has 1 heterocycles. The lowest BCUT2D eigenvalue weighted by Gasteiger charge is -2.24. The second kappa shape index (κ2) is 4.13. The van der Waals surface area contributed by atoms with Gasteiger partial charge in [0.15, 0.2) is 0 Å². The molecule has 0 radical (unpaired) electrons. The summed E-state index contributed by atoms with van der Waals surface area (Å²) in [6, 6.07) is 7.72. The molecule has 2 aliphatic rings. The van der Waals surface area contributed by atoms with Crippen LogP contribution in [0.2, 0.25) is 0 Å². The number of rotatable bonds is 1. The van der Waals surface area contributed by atoms with E-state index in [-0.39, 0.29) is 0 Å². The van der Waals surface area contributed by atoms with E-state index in [1.807, 2.05) is 0 Å². The molecule has 2 atom stereocenters. The molecule has 16 heavy (non-hydrogen) atoms. The van der Waals surface area contributed by atoms with Crippen LogP contribution in [0.4, 0.5) is 0 Å². The van der Waals surface area contributed by atoms with Gasteiger partial charge in [-0.25, -0.2) is 0 Å². The van der Waals surface area contributed by atoms with Gasteiger partial charge in [0.05, 0.1) is 0 Å². The van der Waals surface area contributed by atoms with Crippen molar-refractivity contribution in [1.82, 2.24) is 4.90 Å². The van der Waals surface area contributed by atoms with Crippen LogP contribution in [0.1, 0.15) is 30.0 Å². The van der Waals surface area contributed by atoms with Crippen LogP contribution in [0.25, 0.3) is 0 Å². The van der Waals surface area contributed by atoms with E-state index in [1.54, 1.807) is 0 Å². The van der Waals surface area contributed by atoms with Gasteiger partial charge in [0.25, 0.3) is 0 Å². The van der Waals surface area contributed by atoms with Crippen molar-refractivity contribution in [3.05, 3.63) is 33.8 Å². The van der Waals surface area contributed by atoms with E-state index in [0.717, 1.165) is 13.0 Å². The summed E-state index contributed by atoms with van der Waals surface area (Å²) in [7, 11) is 0. The molecule has 2 unspecified atom stereocenters. The lowest BCUT2D eigenvalue weighted by Crippen LogP contribution is -2.29. The Labute approximate surface area is 105 Å². The zero-order chi connectivity index (χ0) is 11.1.